The standard InChI is InChI=1S/C21H21ClN4O4S/c1-11(27)25-17(20(29)30)10-31-18-8-14(28)7-16-15(9-23)19(24)26(21(16,18)2)13-5-3-4-12(22)6-13/h3-7,17-18,24,28H,8,10H2,1-2H3,(H,25,27)(H,29,30)/t17-,18?,21?/m0/s1. The molecular weight excluding hydrogens is 440 g/mol. The van der Waals surface area contributed by atoms with Crippen molar-refractivity contribution in [3.05, 3.63) is 52.3 Å². The predicted molar refractivity (Wildman–Crippen MR) is 120 cm³/mol. The van der Waals surface area contributed by atoms with Crippen LogP contribution < -0.4 is 10.2 Å². The third kappa shape index (κ3) is 4.13. The second kappa shape index (κ2) is 8.65. The van der Waals surface area contributed by atoms with E-state index in [-0.39, 0.29) is 29.3 Å². The van der Waals surface area contributed by atoms with Gasteiger partial charge >= 0.3 is 5.97 Å². The van der Waals surface area contributed by atoms with Crippen LogP contribution in [-0.4, -0.2) is 50.5 Å². The Balaban J connectivity index is 2.04. The van der Waals surface area contributed by atoms with Gasteiger partial charge in [-0.05, 0) is 31.2 Å². The van der Waals surface area contributed by atoms with E-state index in [9.17, 15) is 25.1 Å². The first-order valence-corrected chi connectivity index (χ1v) is 10.8. The molecule has 0 aromatic heterocycles. The van der Waals surface area contributed by atoms with Crippen LogP contribution in [0.3, 0.4) is 0 Å². The van der Waals surface area contributed by atoms with Crippen LogP contribution in [0.5, 0.6) is 0 Å². The first kappa shape index (κ1) is 22.7. The fourth-order valence-corrected chi connectivity index (χ4v) is 5.66. The van der Waals surface area contributed by atoms with Gasteiger partial charge in [0.05, 0.1) is 11.3 Å². The Labute approximate surface area is 188 Å². The van der Waals surface area contributed by atoms with E-state index >= 15 is 0 Å². The van der Waals surface area contributed by atoms with Crippen LogP contribution in [0.2, 0.25) is 5.02 Å². The monoisotopic (exact) mass is 460 g/mol. The number of aliphatic hydroxyl groups is 1. The number of amides is 1. The number of carbonyl (C=O) groups excluding carboxylic acids is 1. The van der Waals surface area contributed by atoms with E-state index in [0.717, 1.165) is 0 Å². The number of thioether (sulfide) groups is 1. The lowest BCUT2D eigenvalue weighted by atomic mass is 9.81. The summed E-state index contributed by atoms with van der Waals surface area (Å²) in [6.07, 6.45) is 1.72. The van der Waals surface area contributed by atoms with Crippen molar-refractivity contribution in [2.24, 2.45) is 0 Å². The number of nitrogens with zero attached hydrogens (tertiary/aromatic N) is 2. The maximum atomic E-state index is 11.6. The lowest BCUT2D eigenvalue weighted by molar-refractivity contribution is -0.140. The normalized spacial score (nSPS) is 23.7. The molecule has 10 heteroatoms. The Morgan fingerprint density at radius 3 is 2.81 bits per heavy atom. The number of allylic oxidation sites excluding steroid dienone is 1. The number of halogens is 1. The van der Waals surface area contributed by atoms with Crippen molar-refractivity contribution in [3.63, 3.8) is 0 Å². The molecule has 1 aromatic rings. The van der Waals surface area contributed by atoms with Crippen molar-refractivity contribution in [1.29, 1.82) is 10.7 Å². The fourth-order valence-electron chi connectivity index (χ4n) is 3.97. The number of aliphatic carboxylic acids is 1. The third-order valence-corrected chi connectivity index (χ3v) is 7.18. The van der Waals surface area contributed by atoms with Gasteiger partial charge in [0, 0.05) is 40.6 Å². The molecule has 1 heterocycles. The number of carboxylic acid groups (broad SMARTS) is 1. The molecule has 0 fully saturated rings. The molecule has 8 nitrogen and oxygen atoms in total. The summed E-state index contributed by atoms with van der Waals surface area (Å²) in [7, 11) is 0. The number of hydrogen-bond acceptors (Lipinski definition) is 6. The van der Waals surface area contributed by atoms with Gasteiger partial charge in [-0.2, -0.15) is 17.0 Å². The number of benzene rings is 1. The van der Waals surface area contributed by atoms with Crippen LogP contribution in [0.1, 0.15) is 20.3 Å². The summed E-state index contributed by atoms with van der Waals surface area (Å²) in [5.74, 6) is -1.54. The van der Waals surface area contributed by atoms with Crippen molar-refractivity contribution in [1.82, 2.24) is 5.32 Å². The zero-order chi connectivity index (χ0) is 22.9. The lowest BCUT2D eigenvalue weighted by Crippen LogP contribution is -2.55. The summed E-state index contributed by atoms with van der Waals surface area (Å²) in [5.41, 5.74) is 0.326. The number of fused-ring (bicyclic) bond motifs is 1. The average Bonchev–Trinajstić information content (AvgIpc) is 2.90. The largest absolute Gasteiger partial charge is 0.512 e. The van der Waals surface area contributed by atoms with Gasteiger partial charge in [0.1, 0.15) is 23.5 Å². The topological polar surface area (TPSA) is 138 Å². The highest BCUT2D eigenvalue weighted by Gasteiger charge is 2.53. The number of nitriles is 1. The van der Waals surface area contributed by atoms with E-state index < -0.39 is 28.7 Å². The highest BCUT2D eigenvalue weighted by atomic mass is 35.5. The minimum Gasteiger partial charge on any atom is -0.512 e. The maximum absolute atomic E-state index is 11.6. The average molecular weight is 461 g/mol. The van der Waals surface area contributed by atoms with Gasteiger partial charge in [-0.1, -0.05) is 17.7 Å². The van der Waals surface area contributed by atoms with Gasteiger partial charge in [-0.3, -0.25) is 10.2 Å². The molecule has 162 valence electrons. The number of amidine groups is 1. The van der Waals surface area contributed by atoms with Gasteiger partial charge in [-0.25, -0.2) is 4.79 Å². The molecule has 0 bridgehead atoms. The molecule has 1 amide bonds. The number of rotatable bonds is 6. The Morgan fingerprint density at radius 2 is 2.23 bits per heavy atom. The van der Waals surface area contributed by atoms with Crippen LogP contribution in [0.15, 0.2) is 47.2 Å². The Hall–Kier alpha value is -2.96. The van der Waals surface area contributed by atoms with Crippen LogP contribution in [0, 0.1) is 16.7 Å². The summed E-state index contributed by atoms with van der Waals surface area (Å²) in [6.45, 7) is 3.10. The summed E-state index contributed by atoms with van der Waals surface area (Å²) >= 11 is 7.43. The van der Waals surface area contributed by atoms with E-state index in [4.69, 9.17) is 17.0 Å². The smallest absolute Gasteiger partial charge is 0.327 e. The molecule has 0 saturated carbocycles. The molecule has 1 aliphatic heterocycles. The number of carboxylic acids is 1. The van der Waals surface area contributed by atoms with Gasteiger partial charge in [-0.15, -0.1) is 0 Å². The summed E-state index contributed by atoms with van der Waals surface area (Å²) in [4.78, 5) is 24.6. The number of carbonyl (C=O) groups is 2. The number of hydrogen-bond donors (Lipinski definition) is 4. The van der Waals surface area contributed by atoms with Crippen LogP contribution in [-0.2, 0) is 9.59 Å². The number of anilines is 1. The second-order valence-corrected chi connectivity index (χ2v) is 9.14. The first-order chi connectivity index (χ1) is 14.6. The zero-order valence-electron chi connectivity index (χ0n) is 16.8. The molecule has 0 spiro atoms. The van der Waals surface area contributed by atoms with E-state index in [2.05, 4.69) is 11.4 Å². The molecule has 0 saturated heterocycles. The quantitative estimate of drug-likeness (QED) is 0.511. The van der Waals surface area contributed by atoms with Gasteiger partial charge in [0.2, 0.25) is 5.91 Å². The third-order valence-electron chi connectivity index (χ3n) is 5.39. The molecule has 1 aromatic carbocycles. The molecule has 2 unspecified atom stereocenters. The molecule has 31 heavy (non-hydrogen) atoms. The zero-order valence-corrected chi connectivity index (χ0v) is 18.4. The van der Waals surface area contributed by atoms with Gasteiger partial charge in [0.25, 0.3) is 0 Å². The SMILES string of the molecule is CC(=O)N[C@@H](CSC1CC(O)=CC2=C(C#N)C(=N)N(c3cccc(Cl)c3)C21C)C(=O)O. The number of aliphatic hydroxyl groups excluding tert-OH is 1. The second-order valence-electron chi connectivity index (χ2n) is 7.47. The molecule has 3 rings (SSSR count). The van der Waals surface area contributed by atoms with E-state index in [1.54, 1.807) is 29.2 Å². The van der Waals surface area contributed by atoms with E-state index in [0.29, 0.717) is 16.3 Å². The van der Waals surface area contributed by atoms with Crippen LogP contribution in [0.4, 0.5) is 5.69 Å². The van der Waals surface area contributed by atoms with E-state index in [1.165, 1.54) is 24.8 Å². The summed E-state index contributed by atoms with van der Waals surface area (Å²) in [5, 5.41) is 40.7. The number of nitrogens with one attached hydrogen (secondary N) is 2. The Morgan fingerprint density at radius 1 is 1.52 bits per heavy atom. The van der Waals surface area contributed by atoms with Gasteiger partial charge < -0.3 is 20.4 Å². The molecular formula is C21H21ClN4O4S. The molecule has 2 aliphatic rings. The highest BCUT2D eigenvalue weighted by Crippen LogP contribution is 2.50. The molecule has 1 aliphatic carbocycles. The van der Waals surface area contributed by atoms with Gasteiger partial charge in [0.15, 0.2) is 0 Å². The molecule has 3 atom stereocenters. The van der Waals surface area contributed by atoms with Crippen LogP contribution in [0.25, 0.3) is 0 Å². The van der Waals surface area contributed by atoms with Crippen LogP contribution >= 0.6 is 23.4 Å². The van der Waals surface area contributed by atoms with Crippen molar-refractivity contribution < 1.29 is 19.8 Å². The Bertz CT molecular complexity index is 1060. The highest BCUT2D eigenvalue weighted by molar-refractivity contribution is 8.00. The summed E-state index contributed by atoms with van der Waals surface area (Å²) in [6, 6.07) is 7.88. The maximum Gasteiger partial charge on any atom is 0.327 e. The van der Waals surface area contributed by atoms with Crippen molar-refractivity contribution >= 4 is 46.8 Å². The van der Waals surface area contributed by atoms with Crippen molar-refractivity contribution in [2.75, 3.05) is 10.7 Å². The molecule has 0 radical (unpaired) electrons. The minimum atomic E-state index is -1.16. The minimum absolute atomic E-state index is 0.0181. The fraction of sp³-hybridized carbons (Fsp3) is 0.333. The predicted octanol–water partition coefficient (Wildman–Crippen LogP) is 3.25. The van der Waals surface area contributed by atoms with Crippen molar-refractivity contribution in [3.8, 4) is 6.07 Å². The first-order valence-electron chi connectivity index (χ1n) is 9.40. The lowest BCUT2D eigenvalue weighted by Gasteiger charge is -2.45. The molecule has 4 N–H and O–H groups in total. The van der Waals surface area contributed by atoms with Crippen molar-refractivity contribution in [2.45, 2.75) is 37.1 Å². The van der Waals surface area contributed by atoms with E-state index in [1.807, 2.05) is 6.92 Å². The summed E-state index contributed by atoms with van der Waals surface area (Å²) < 4.78 is 0. The Kier molecular flexibility index (Phi) is 6.34.